The van der Waals surface area contributed by atoms with Crippen molar-refractivity contribution in [2.45, 2.75) is 18.4 Å². The summed E-state index contributed by atoms with van der Waals surface area (Å²) < 4.78 is 0. The Bertz CT molecular complexity index is 394. The lowest BCUT2D eigenvalue weighted by Crippen LogP contribution is -2.38. The normalized spacial score (nSPS) is 25.3. The second-order valence-corrected chi connectivity index (χ2v) is 3.97. The van der Waals surface area contributed by atoms with Gasteiger partial charge in [0, 0.05) is 17.9 Å². The predicted octanol–water partition coefficient (Wildman–Crippen LogP) is 1.66. The van der Waals surface area contributed by atoms with Crippen LogP contribution in [0.3, 0.4) is 0 Å². The van der Waals surface area contributed by atoms with Crippen molar-refractivity contribution in [3.63, 3.8) is 0 Å². The van der Waals surface area contributed by atoms with E-state index in [9.17, 15) is 0 Å². The van der Waals surface area contributed by atoms with Crippen molar-refractivity contribution in [2.75, 3.05) is 0 Å². The lowest BCUT2D eigenvalue weighted by Gasteiger charge is -2.11. The van der Waals surface area contributed by atoms with E-state index in [1.807, 2.05) is 18.2 Å². The van der Waals surface area contributed by atoms with E-state index in [1.165, 1.54) is 0 Å². The molecular weight excluding hydrogens is 184 g/mol. The maximum Gasteiger partial charge on any atom is 0.112 e. The van der Waals surface area contributed by atoms with E-state index in [4.69, 9.17) is 22.6 Å². The van der Waals surface area contributed by atoms with Crippen LogP contribution in [0.1, 0.15) is 11.1 Å². The van der Waals surface area contributed by atoms with Crippen LogP contribution in [0.4, 0.5) is 0 Å². The second-order valence-electron chi connectivity index (χ2n) is 3.53. The first-order chi connectivity index (χ1) is 6.13. The standard InChI is InChI=1S/C10H9ClN2/c11-9-2-1-7-4-10(13,6-12)5-8(7)3-9/h1-3H,4-5,13H2. The van der Waals surface area contributed by atoms with Crippen molar-refractivity contribution in [3.05, 3.63) is 34.3 Å². The van der Waals surface area contributed by atoms with Gasteiger partial charge in [-0.2, -0.15) is 5.26 Å². The second kappa shape index (κ2) is 2.73. The Morgan fingerprint density at radius 2 is 2.08 bits per heavy atom. The minimum Gasteiger partial charge on any atom is -0.313 e. The molecule has 0 fully saturated rings. The van der Waals surface area contributed by atoms with E-state index in [-0.39, 0.29) is 0 Å². The molecule has 0 amide bonds. The third kappa shape index (κ3) is 1.41. The molecule has 0 saturated carbocycles. The highest BCUT2D eigenvalue weighted by atomic mass is 35.5. The summed E-state index contributed by atoms with van der Waals surface area (Å²) in [5.41, 5.74) is 7.39. The number of nitriles is 1. The molecule has 66 valence electrons. The van der Waals surface area contributed by atoms with E-state index in [0.29, 0.717) is 17.9 Å². The molecule has 3 heteroatoms. The van der Waals surface area contributed by atoms with E-state index >= 15 is 0 Å². The molecule has 0 spiro atoms. The van der Waals surface area contributed by atoms with Crippen molar-refractivity contribution < 1.29 is 0 Å². The Kier molecular flexibility index (Phi) is 1.80. The molecule has 1 unspecified atom stereocenters. The topological polar surface area (TPSA) is 49.8 Å². The zero-order valence-corrected chi connectivity index (χ0v) is 7.80. The molecule has 13 heavy (non-hydrogen) atoms. The first kappa shape index (κ1) is 8.55. The molecule has 2 rings (SSSR count). The van der Waals surface area contributed by atoms with Crippen LogP contribution < -0.4 is 5.73 Å². The van der Waals surface area contributed by atoms with Crippen LogP contribution in [0.15, 0.2) is 18.2 Å². The Labute approximate surface area is 81.9 Å². The molecule has 1 aromatic carbocycles. The van der Waals surface area contributed by atoms with Gasteiger partial charge < -0.3 is 5.73 Å². The minimum absolute atomic E-state index is 0.611. The number of benzene rings is 1. The quantitative estimate of drug-likeness (QED) is 0.680. The first-order valence-corrected chi connectivity index (χ1v) is 4.48. The fourth-order valence-corrected chi connectivity index (χ4v) is 1.95. The number of fused-ring (bicyclic) bond motifs is 1. The number of nitrogens with two attached hydrogens (primary N) is 1. The van der Waals surface area contributed by atoms with E-state index in [2.05, 4.69) is 6.07 Å². The van der Waals surface area contributed by atoms with E-state index < -0.39 is 5.54 Å². The first-order valence-electron chi connectivity index (χ1n) is 4.10. The Balaban J connectivity index is 2.42. The Morgan fingerprint density at radius 1 is 1.38 bits per heavy atom. The van der Waals surface area contributed by atoms with Gasteiger partial charge in [0.25, 0.3) is 0 Å². The zero-order valence-electron chi connectivity index (χ0n) is 7.05. The molecule has 1 aromatic rings. The third-order valence-corrected chi connectivity index (χ3v) is 2.64. The monoisotopic (exact) mass is 192 g/mol. The number of hydrogen-bond acceptors (Lipinski definition) is 2. The molecule has 0 heterocycles. The van der Waals surface area contributed by atoms with Gasteiger partial charge in [0.1, 0.15) is 5.54 Å². The van der Waals surface area contributed by atoms with Gasteiger partial charge in [0.2, 0.25) is 0 Å². The lowest BCUT2D eigenvalue weighted by atomic mass is 10.00. The maximum atomic E-state index is 8.86. The number of rotatable bonds is 0. The van der Waals surface area contributed by atoms with Crippen LogP contribution in [0, 0.1) is 11.3 Å². The van der Waals surface area contributed by atoms with Crippen LogP contribution in [-0.4, -0.2) is 5.54 Å². The molecule has 1 aliphatic rings. The third-order valence-electron chi connectivity index (χ3n) is 2.40. The van der Waals surface area contributed by atoms with Crippen LogP contribution in [-0.2, 0) is 12.8 Å². The lowest BCUT2D eigenvalue weighted by molar-refractivity contribution is 0.578. The predicted molar refractivity (Wildman–Crippen MR) is 51.4 cm³/mol. The highest BCUT2D eigenvalue weighted by Crippen LogP contribution is 2.29. The summed E-state index contributed by atoms with van der Waals surface area (Å²) >= 11 is 5.84. The van der Waals surface area contributed by atoms with Gasteiger partial charge in [0.15, 0.2) is 0 Å². The summed E-state index contributed by atoms with van der Waals surface area (Å²) in [6.45, 7) is 0. The zero-order chi connectivity index (χ0) is 9.47. The summed E-state index contributed by atoms with van der Waals surface area (Å²) in [5, 5.41) is 9.57. The van der Waals surface area contributed by atoms with Crippen molar-refractivity contribution in [2.24, 2.45) is 5.73 Å². The van der Waals surface area contributed by atoms with Crippen molar-refractivity contribution >= 4 is 11.6 Å². The summed E-state index contributed by atoms with van der Waals surface area (Å²) in [6, 6.07) is 7.82. The fourth-order valence-electron chi connectivity index (χ4n) is 1.75. The summed E-state index contributed by atoms with van der Waals surface area (Å²) in [7, 11) is 0. The SMILES string of the molecule is N#CC1(N)Cc2ccc(Cl)cc2C1. The smallest absolute Gasteiger partial charge is 0.112 e. The molecular formula is C10H9ClN2. The number of nitrogens with zero attached hydrogens (tertiary/aromatic N) is 1. The molecule has 1 aliphatic carbocycles. The Morgan fingerprint density at radius 3 is 2.77 bits per heavy atom. The van der Waals surface area contributed by atoms with Gasteiger partial charge in [-0.1, -0.05) is 17.7 Å². The maximum absolute atomic E-state index is 8.86. The van der Waals surface area contributed by atoms with Crippen LogP contribution in [0.2, 0.25) is 5.02 Å². The molecule has 2 nitrogen and oxygen atoms in total. The van der Waals surface area contributed by atoms with E-state index in [1.54, 1.807) is 0 Å². The van der Waals surface area contributed by atoms with Gasteiger partial charge in [-0.05, 0) is 23.3 Å². The summed E-state index contributed by atoms with van der Waals surface area (Å²) in [5.74, 6) is 0. The average Bonchev–Trinajstić information content (AvgIpc) is 2.42. The molecule has 0 saturated heterocycles. The molecule has 0 aliphatic heterocycles. The van der Waals surface area contributed by atoms with Crippen molar-refractivity contribution in [3.8, 4) is 6.07 Å². The largest absolute Gasteiger partial charge is 0.313 e. The highest BCUT2D eigenvalue weighted by molar-refractivity contribution is 6.30. The van der Waals surface area contributed by atoms with Gasteiger partial charge in [-0.3, -0.25) is 0 Å². The molecule has 0 bridgehead atoms. The van der Waals surface area contributed by atoms with Crippen LogP contribution >= 0.6 is 11.6 Å². The fraction of sp³-hybridized carbons (Fsp3) is 0.300. The summed E-state index contributed by atoms with van der Waals surface area (Å²) in [6.07, 6.45) is 1.25. The molecule has 0 aromatic heterocycles. The summed E-state index contributed by atoms with van der Waals surface area (Å²) in [4.78, 5) is 0. The van der Waals surface area contributed by atoms with Crippen molar-refractivity contribution in [1.29, 1.82) is 5.26 Å². The number of halogens is 1. The Hall–Kier alpha value is -1.04. The van der Waals surface area contributed by atoms with Gasteiger partial charge >= 0.3 is 0 Å². The van der Waals surface area contributed by atoms with Gasteiger partial charge in [-0.25, -0.2) is 0 Å². The van der Waals surface area contributed by atoms with Crippen LogP contribution in [0.5, 0.6) is 0 Å². The average molecular weight is 193 g/mol. The van der Waals surface area contributed by atoms with Crippen molar-refractivity contribution in [1.82, 2.24) is 0 Å². The number of hydrogen-bond donors (Lipinski definition) is 1. The molecule has 0 radical (unpaired) electrons. The highest BCUT2D eigenvalue weighted by Gasteiger charge is 2.33. The minimum atomic E-state index is -0.715. The van der Waals surface area contributed by atoms with Gasteiger partial charge in [0.05, 0.1) is 6.07 Å². The molecule has 1 atom stereocenters. The van der Waals surface area contributed by atoms with E-state index in [0.717, 1.165) is 11.1 Å². The molecule has 2 N–H and O–H groups in total. The van der Waals surface area contributed by atoms with Gasteiger partial charge in [-0.15, -0.1) is 0 Å². The van der Waals surface area contributed by atoms with Crippen LogP contribution in [0.25, 0.3) is 0 Å².